The Morgan fingerprint density at radius 3 is 2.52 bits per heavy atom. The molecule has 138 valence electrons. The summed E-state index contributed by atoms with van der Waals surface area (Å²) in [6.07, 6.45) is -1.74. The Bertz CT molecular complexity index is 588. The molecule has 1 aromatic rings. The van der Waals surface area contributed by atoms with Crippen LogP contribution in [0.25, 0.3) is 0 Å². The number of methoxy groups -OCH3 is 1. The largest absolute Gasteiger partial charge is 0.384 e. The summed E-state index contributed by atoms with van der Waals surface area (Å²) in [6, 6.07) is 9.59. The lowest BCUT2D eigenvalue weighted by Gasteiger charge is -2.53. The van der Waals surface area contributed by atoms with Gasteiger partial charge in [-0.05, 0) is 6.42 Å². The number of aliphatic hydroxyl groups is 1. The van der Waals surface area contributed by atoms with Crippen LogP contribution in [0.2, 0.25) is 0 Å². The second-order valence-corrected chi connectivity index (χ2v) is 6.62. The zero-order valence-electron chi connectivity index (χ0n) is 14.4. The number of hydrogen-bond donors (Lipinski definition) is 1. The number of rotatable bonds is 3. The lowest BCUT2D eigenvalue weighted by molar-refractivity contribution is -0.493. The molecule has 3 fully saturated rings. The van der Waals surface area contributed by atoms with Gasteiger partial charge in [-0.3, -0.25) is 4.74 Å². The molecule has 1 aromatic carbocycles. The van der Waals surface area contributed by atoms with Gasteiger partial charge in [-0.2, -0.15) is 0 Å². The molecule has 5 atom stereocenters. The smallest absolute Gasteiger partial charge is 0.316 e. The molecule has 7 heteroatoms. The van der Waals surface area contributed by atoms with Crippen molar-refractivity contribution < 1.29 is 33.5 Å². The van der Waals surface area contributed by atoms with E-state index in [1.54, 1.807) is 0 Å². The van der Waals surface area contributed by atoms with Gasteiger partial charge in [0.25, 0.3) is 0 Å². The minimum absolute atomic E-state index is 0.341. The molecule has 0 unspecified atom stereocenters. The Kier molecular flexibility index (Phi) is 4.57. The van der Waals surface area contributed by atoms with Gasteiger partial charge in [-0.25, -0.2) is 0 Å². The summed E-state index contributed by atoms with van der Waals surface area (Å²) in [5.41, 5.74) is -0.290. The Morgan fingerprint density at radius 2 is 1.88 bits per heavy atom. The molecular formula is C18H24O7. The van der Waals surface area contributed by atoms with Crippen LogP contribution >= 0.6 is 0 Å². The van der Waals surface area contributed by atoms with Gasteiger partial charge in [-0.1, -0.05) is 37.3 Å². The zero-order chi connectivity index (χ0) is 17.5. The van der Waals surface area contributed by atoms with Gasteiger partial charge < -0.3 is 28.8 Å². The summed E-state index contributed by atoms with van der Waals surface area (Å²) in [5, 5.41) is 10.9. The van der Waals surface area contributed by atoms with Crippen LogP contribution in [0.4, 0.5) is 0 Å². The molecule has 0 bridgehead atoms. The van der Waals surface area contributed by atoms with Gasteiger partial charge in [-0.15, -0.1) is 0 Å². The fraction of sp³-hybridized carbons (Fsp3) is 0.667. The van der Waals surface area contributed by atoms with E-state index in [4.69, 9.17) is 28.4 Å². The molecular weight excluding hydrogens is 328 g/mol. The molecule has 3 saturated heterocycles. The minimum atomic E-state index is -1.35. The van der Waals surface area contributed by atoms with Crippen LogP contribution in [0.1, 0.15) is 31.6 Å². The molecule has 0 aromatic heterocycles. The third-order valence-electron chi connectivity index (χ3n) is 5.11. The van der Waals surface area contributed by atoms with Crippen LogP contribution < -0.4 is 0 Å². The highest BCUT2D eigenvalue weighted by atomic mass is 16.9. The molecule has 0 radical (unpaired) electrons. The SMILES string of the molecule is CC[C@@]1(O)C[C@@H]2O[C@H](c3ccccc3)OC3(OCCO3)[C@H]2O[C@@H]1OC. The van der Waals surface area contributed by atoms with Crippen molar-refractivity contribution in [3.8, 4) is 0 Å². The highest BCUT2D eigenvalue weighted by molar-refractivity contribution is 5.17. The molecule has 1 spiro atoms. The van der Waals surface area contributed by atoms with E-state index in [1.807, 2.05) is 37.3 Å². The van der Waals surface area contributed by atoms with E-state index in [-0.39, 0.29) is 0 Å². The second-order valence-electron chi connectivity index (χ2n) is 6.62. The molecule has 3 heterocycles. The van der Waals surface area contributed by atoms with E-state index in [0.29, 0.717) is 26.1 Å². The molecule has 0 saturated carbocycles. The molecule has 0 amide bonds. The van der Waals surface area contributed by atoms with Crippen molar-refractivity contribution >= 4 is 0 Å². The summed E-state index contributed by atoms with van der Waals surface area (Å²) in [6.45, 7) is 2.70. The van der Waals surface area contributed by atoms with Crippen molar-refractivity contribution in [1.82, 2.24) is 0 Å². The maximum atomic E-state index is 10.9. The van der Waals surface area contributed by atoms with Gasteiger partial charge in [0, 0.05) is 19.1 Å². The Labute approximate surface area is 146 Å². The van der Waals surface area contributed by atoms with E-state index in [1.165, 1.54) is 7.11 Å². The zero-order valence-corrected chi connectivity index (χ0v) is 14.4. The standard InChI is InChI=1S/C18H24O7/c1-3-17(19)11-13-14(24-16(17)20-2)18(21-9-10-22-18)25-15(23-13)12-7-5-4-6-8-12/h4-8,13-16,19H,3,9-11H2,1-2H3/t13-,14-,15-,16-,17+/m0/s1. The first-order chi connectivity index (χ1) is 12.1. The molecule has 1 N–H and O–H groups in total. The molecule has 0 aliphatic carbocycles. The first-order valence-electron chi connectivity index (χ1n) is 8.67. The Balaban J connectivity index is 1.66. The average Bonchev–Trinajstić information content (AvgIpc) is 3.10. The van der Waals surface area contributed by atoms with E-state index in [0.717, 1.165) is 5.56 Å². The maximum Gasteiger partial charge on any atom is 0.316 e. The monoisotopic (exact) mass is 352 g/mol. The van der Waals surface area contributed by atoms with Crippen LogP contribution in [0.3, 0.4) is 0 Å². The normalized spacial score (nSPS) is 40.1. The second kappa shape index (κ2) is 6.59. The lowest BCUT2D eigenvalue weighted by atomic mass is 9.86. The van der Waals surface area contributed by atoms with Crippen molar-refractivity contribution in [3.63, 3.8) is 0 Å². The summed E-state index contributed by atoms with van der Waals surface area (Å²) in [5.74, 6) is -1.35. The first-order valence-corrected chi connectivity index (χ1v) is 8.67. The number of ether oxygens (including phenoxy) is 6. The van der Waals surface area contributed by atoms with Crippen LogP contribution in [-0.4, -0.2) is 55.5 Å². The quantitative estimate of drug-likeness (QED) is 0.887. The van der Waals surface area contributed by atoms with Crippen LogP contribution in [0.5, 0.6) is 0 Å². The van der Waals surface area contributed by atoms with Crippen LogP contribution in [0, 0.1) is 0 Å². The number of hydrogen-bond acceptors (Lipinski definition) is 7. The van der Waals surface area contributed by atoms with E-state index < -0.39 is 36.4 Å². The van der Waals surface area contributed by atoms with Crippen molar-refractivity contribution in [2.75, 3.05) is 20.3 Å². The Morgan fingerprint density at radius 1 is 1.16 bits per heavy atom. The van der Waals surface area contributed by atoms with Gasteiger partial charge in [0.05, 0.1) is 19.3 Å². The van der Waals surface area contributed by atoms with Crippen LogP contribution in [0.15, 0.2) is 30.3 Å². The number of fused-ring (bicyclic) bond motifs is 2. The predicted octanol–water partition coefficient (Wildman–Crippen LogP) is 1.70. The first kappa shape index (κ1) is 17.4. The van der Waals surface area contributed by atoms with Gasteiger partial charge >= 0.3 is 5.97 Å². The maximum absolute atomic E-state index is 10.9. The average molecular weight is 352 g/mol. The fourth-order valence-electron chi connectivity index (χ4n) is 3.72. The summed E-state index contributed by atoms with van der Waals surface area (Å²) < 4.78 is 35.2. The molecule has 3 aliphatic heterocycles. The fourth-order valence-corrected chi connectivity index (χ4v) is 3.72. The van der Waals surface area contributed by atoms with Crippen molar-refractivity contribution in [3.05, 3.63) is 35.9 Å². The Hall–Kier alpha value is -1.06. The third-order valence-corrected chi connectivity index (χ3v) is 5.11. The van der Waals surface area contributed by atoms with Gasteiger partial charge in [0.2, 0.25) is 0 Å². The van der Waals surface area contributed by atoms with Crippen LogP contribution in [-0.2, 0) is 28.4 Å². The van der Waals surface area contributed by atoms with Crippen molar-refractivity contribution in [2.24, 2.45) is 0 Å². The van der Waals surface area contributed by atoms with E-state index >= 15 is 0 Å². The summed E-state index contributed by atoms with van der Waals surface area (Å²) in [4.78, 5) is 0. The highest BCUT2D eigenvalue weighted by Gasteiger charge is 2.62. The lowest BCUT2D eigenvalue weighted by Crippen LogP contribution is -2.67. The van der Waals surface area contributed by atoms with E-state index in [2.05, 4.69) is 0 Å². The molecule has 7 nitrogen and oxygen atoms in total. The molecule has 3 aliphatic rings. The topological polar surface area (TPSA) is 75.6 Å². The van der Waals surface area contributed by atoms with Gasteiger partial charge in [0.1, 0.15) is 5.60 Å². The van der Waals surface area contributed by atoms with Crippen molar-refractivity contribution in [2.45, 2.75) is 56.1 Å². The number of benzene rings is 1. The van der Waals surface area contributed by atoms with Gasteiger partial charge in [0.15, 0.2) is 18.7 Å². The third kappa shape index (κ3) is 2.90. The minimum Gasteiger partial charge on any atom is -0.384 e. The predicted molar refractivity (Wildman–Crippen MR) is 85.3 cm³/mol. The summed E-state index contributed by atoms with van der Waals surface area (Å²) >= 11 is 0. The molecule has 4 rings (SSSR count). The highest BCUT2D eigenvalue weighted by Crippen LogP contribution is 2.47. The molecule has 25 heavy (non-hydrogen) atoms. The summed E-state index contributed by atoms with van der Waals surface area (Å²) in [7, 11) is 1.51. The van der Waals surface area contributed by atoms with E-state index in [9.17, 15) is 5.11 Å². The van der Waals surface area contributed by atoms with Crippen molar-refractivity contribution in [1.29, 1.82) is 0 Å².